The number of hydrogen-bond acceptors (Lipinski definition) is 9. The Balaban J connectivity index is 1.07. The molecule has 0 radical (unpaired) electrons. The Bertz CT molecular complexity index is 2500. The van der Waals surface area contributed by atoms with E-state index in [1.807, 2.05) is 43.6 Å². The van der Waals surface area contributed by atoms with Gasteiger partial charge in [0.15, 0.2) is 0 Å². The molecule has 2 fully saturated rings. The van der Waals surface area contributed by atoms with Gasteiger partial charge < -0.3 is 35.1 Å². The Kier molecular flexibility index (Phi) is 9.89. The summed E-state index contributed by atoms with van der Waals surface area (Å²) in [5.41, 5.74) is 5.24. The number of nitrogens with zero attached hydrogens (tertiary/aromatic N) is 5. The highest BCUT2D eigenvalue weighted by molar-refractivity contribution is 7.23. The van der Waals surface area contributed by atoms with Crippen LogP contribution < -0.4 is 10.6 Å². The average molecular weight is 778 g/mol. The van der Waals surface area contributed by atoms with Crippen LogP contribution in [-0.2, 0) is 19.1 Å². The minimum atomic E-state index is -0.707. The molecule has 0 aliphatic carbocycles. The number of aromatic nitrogens is 5. The molecule has 14 nitrogen and oxygen atoms in total. The molecular formula is C41H47N9O5S. The molecule has 4 aromatic heterocycles. The summed E-state index contributed by atoms with van der Waals surface area (Å²) in [4.78, 5) is 77.9. The van der Waals surface area contributed by atoms with Gasteiger partial charge in [-0.1, -0.05) is 39.8 Å². The first kappa shape index (κ1) is 37.4. The Morgan fingerprint density at radius 1 is 0.804 bits per heavy atom. The van der Waals surface area contributed by atoms with Crippen LogP contribution in [0.5, 0.6) is 0 Å². The number of imidazole rings is 2. The third-order valence-electron chi connectivity index (χ3n) is 11.2. The molecule has 2 saturated heterocycles. The minimum absolute atomic E-state index is 0.0391. The number of nitrogens with one attached hydrogen (secondary N) is 4. The smallest absolute Gasteiger partial charge is 0.407 e. The maximum atomic E-state index is 13.7. The number of pyridine rings is 1. The average Bonchev–Trinajstić information content (AvgIpc) is 4.02. The molecule has 15 heteroatoms. The van der Waals surface area contributed by atoms with Gasteiger partial charge in [0.25, 0.3) is 0 Å². The van der Waals surface area contributed by atoms with Gasteiger partial charge in [-0.05, 0) is 72.7 Å². The fourth-order valence-electron chi connectivity index (χ4n) is 8.31. The summed E-state index contributed by atoms with van der Waals surface area (Å²) in [6.07, 6.45) is 4.40. The van der Waals surface area contributed by atoms with E-state index in [1.165, 1.54) is 14.0 Å². The van der Waals surface area contributed by atoms with Gasteiger partial charge in [-0.15, -0.1) is 11.3 Å². The third-order valence-corrected chi connectivity index (χ3v) is 12.4. The molecule has 2 aliphatic rings. The topological polar surface area (TPSA) is 178 Å². The standard InChI is InChI=1S/C41H47N9O5S/c1-20(2)32(43-22(5)51)39(52)49-15-7-9-29(49)37-44-26-14-12-24-18-31(56-36(24)35(26)47-37)23-11-13-25-27(17-23)42-19-28-34(25)46-38(45-28)30-10-8-16-50(30)40(53)33(21(3)4)48-41(54)55-6/h11-14,17-21,29-30,32-33H,7-10,15-16H2,1-6H3,(H,43,51)(H,44,47)(H,45,46)(H,48,54)/t29-,30-,32-,33-/m0/s1. The number of amides is 4. The summed E-state index contributed by atoms with van der Waals surface area (Å²) >= 11 is 1.68. The number of likely N-dealkylation sites (tertiary alicyclic amines) is 2. The molecule has 2 aromatic carbocycles. The second-order valence-corrected chi connectivity index (χ2v) is 16.7. The Labute approximate surface area is 327 Å². The van der Waals surface area contributed by atoms with E-state index in [2.05, 4.69) is 50.9 Å². The molecule has 0 spiro atoms. The second kappa shape index (κ2) is 14.8. The molecule has 6 heterocycles. The van der Waals surface area contributed by atoms with Crippen LogP contribution in [0.1, 0.15) is 84.0 Å². The number of carbonyl (C=O) groups excluding carboxylic acids is 4. The number of hydrogen-bond donors (Lipinski definition) is 4. The monoisotopic (exact) mass is 777 g/mol. The Morgan fingerprint density at radius 3 is 2.05 bits per heavy atom. The zero-order valence-corrected chi connectivity index (χ0v) is 33.3. The molecular weight excluding hydrogens is 731 g/mol. The lowest BCUT2D eigenvalue weighted by Crippen LogP contribution is -2.51. The first-order chi connectivity index (χ1) is 26.9. The van der Waals surface area contributed by atoms with Crippen molar-refractivity contribution in [1.29, 1.82) is 0 Å². The van der Waals surface area contributed by atoms with Crippen molar-refractivity contribution in [1.82, 2.24) is 45.4 Å². The first-order valence-corrected chi connectivity index (χ1v) is 20.2. The number of rotatable bonds is 9. The molecule has 0 bridgehead atoms. The number of carbonyl (C=O) groups is 4. The number of fused-ring (bicyclic) bond motifs is 6. The number of aromatic amines is 2. The van der Waals surface area contributed by atoms with Gasteiger partial charge in [0.05, 0.1) is 52.2 Å². The second-order valence-electron chi connectivity index (χ2n) is 15.6. The first-order valence-electron chi connectivity index (χ1n) is 19.3. The van der Waals surface area contributed by atoms with Gasteiger partial charge in [0, 0.05) is 30.3 Å². The molecule has 4 N–H and O–H groups in total. The highest BCUT2D eigenvalue weighted by Gasteiger charge is 2.39. The van der Waals surface area contributed by atoms with Crippen molar-refractivity contribution in [3.8, 4) is 10.4 Å². The summed E-state index contributed by atoms with van der Waals surface area (Å²) in [5.74, 6) is 0.868. The largest absolute Gasteiger partial charge is 0.453 e. The molecule has 56 heavy (non-hydrogen) atoms. The van der Waals surface area contributed by atoms with E-state index in [-0.39, 0.29) is 41.6 Å². The Hall–Kier alpha value is -5.57. The summed E-state index contributed by atoms with van der Waals surface area (Å²) < 4.78 is 5.87. The van der Waals surface area contributed by atoms with E-state index in [9.17, 15) is 19.2 Å². The Morgan fingerprint density at radius 2 is 1.43 bits per heavy atom. The normalized spacial score (nSPS) is 18.5. The van der Waals surface area contributed by atoms with Crippen LogP contribution in [-0.4, -0.2) is 90.8 Å². The van der Waals surface area contributed by atoms with Crippen LogP contribution in [0.4, 0.5) is 4.79 Å². The fraction of sp³-hybridized carbons (Fsp3) is 0.439. The van der Waals surface area contributed by atoms with Crippen molar-refractivity contribution < 1.29 is 23.9 Å². The number of ether oxygens (including phenoxy) is 1. The predicted molar refractivity (Wildman–Crippen MR) is 216 cm³/mol. The van der Waals surface area contributed by atoms with E-state index < -0.39 is 18.2 Å². The molecule has 6 aromatic rings. The van der Waals surface area contributed by atoms with Gasteiger partial charge in [0.2, 0.25) is 17.7 Å². The molecule has 4 amide bonds. The number of benzene rings is 2. The molecule has 292 valence electrons. The maximum Gasteiger partial charge on any atom is 0.407 e. The number of H-pyrrole nitrogens is 2. The summed E-state index contributed by atoms with van der Waals surface area (Å²) in [7, 11) is 1.29. The van der Waals surface area contributed by atoms with Crippen LogP contribution >= 0.6 is 11.3 Å². The van der Waals surface area contributed by atoms with Crippen LogP contribution in [0.25, 0.3) is 53.5 Å². The van der Waals surface area contributed by atoms with E-state index in [4.69, 9.17) is 19.7 Å². The zero-order chi connectivity index (χ0) is 39.4. The highest BCUT2D eigenvalue weighted by atomic mass is 32.1. The van der Waals surface area contributed by atoms with Crippen molar-refractivity contribution in [2.75, 3.05) is 20.2 Å². The number of methoxy groups -OCH3 is 1. The SMILES string of the molecule is COC(=O)N[C@H](C(=O)N1CCC[C@H]1c1nc2cnc3cc(-c4cc5ccc6nc([C@@H]7CCCN7C(=O)[C@@H](NC(C)=O)C(C)C)[nH]c6c5s4)ccc3c2[nH]1)C(C)C. The van der Waals surface area contributed by atoms with Gasteiger partial charge >= 0.3 is 6.09 Å². The lowest BCUT2D eigenvalue weighted by atomic mass is 10.0. The van der Waals surface area contributed by atoms with Crippen molar-refractivity contribution in [2.24, 2.45) is 11.8 Å². The van der Waals surface area contributed by atoms with Crippen LogP contribution in [0.15, 0.2) is 42.6 Å². The predicted octanol–water partition coefficient (Wildman–Crippen LogP) is 6.74. The van der Waals surface area contributed by atoms with Crippen molar-refractivity contribution >= 4 is 78.2 Å². The molecule has 2 aliphatic heterocycles. The van der Waals surface area contributed by atoms with Crippen molar-refractivity contribution in [3.05, 3.63) is 54.2 Å². The summed E-state index contributed by atoms with van der Waals surface area (Å²) in [6, 6.07) is 10.8. The number of thiophene rings is 1. The van der Waals surface area contributed by atoms with E-state index in [0.29, 0.717) is 18.9 Å². The quantitative estimate of drug-likeness (QED) is 0.125. The van der Waals surface area contributed by atoms with Crippen LogP contribution in [0.2, 0.25) is 0 Å². The molecule has 8 rings (SSSR count). The van der Waals surface area contributed by atoms with Gasteiger partial charge in [-0.25, -0.2) is 14.8 Å². The lowest BCUT2D eigenvalue weighted by Gasteiger charge is -2.30. The molecule has 4 atom stereocenters. The van der Waals surface area contributed by atoms with Crippen molar-refractivity contribution in [2.45, 2.75) is 84.5 Å². The summed E-state index contributed by atoms with van der Waals surface area (Å²) in [6.45, 7) is 10.3. The van der Waals surface area contributed by atoms with Gasteiger partial charge in [0.1, 0.15) is 29.2 Å². The number of alkyl carbamates (subject to hydrolysis) is 1. The minimum Gasteiger partial charge on any atom is -0.453 e. The summed E-state index contributed by atoms with van der Waals surface area (Å²) in [5, 5.41) is 7.59. The van der Waals surface area contributed by atoms with Gasteiger partial charge in [-0.2, -0.15) is 0 Å². The fourth-order valence-corrected chi connectivity index (χ4v) is 9.46. The lowest BCUT2D eigenvalue weighted by molar-refractivity contribution is -0.138. The highest BCUT2D eigenvalue weighted by Crippen LogP contribution is 2.41. The zero-order valence-electron chi connectivity index (χ0n) is 32.4. The van der Waals surface area contributed by atoms with Crippen molar-refractivity contribution in [3.63, 3.8) is 0 Å². The van der Waals surface area contributed by atoms with Gasteiger partial charge in [-0.3, -0.25) is 19.4 Å². The van der Waals surface area contributed by atoms with Crippen LogP contribution in [0, 0.1) is 11.8 Å². The maximum absolute atomic E-state index is 13.7. The third kappa shape index (κ3) is 6.71. The van der Waals surface area contributed by atoms with E-state index in [0.717, 1.165) is 85.0 Å². The van der Waals surface area contributed by atoms with Crippen LogP contribution in [0.3, 0.4) is 0 Å². The van der Waals surface area contributed by atoms with E-state index in [1.54, 1.807) is 17.5 Å². The van der Waals surface area contributed by atoms with E-state index >= 15 is 0 Å². The molecule has 0 unspecified atom stereocenters. The molecule has 0 saturated carbocycles.